The van der Waals surface area contributed by atoms with Gasteiger partial charge in [0.1, 0.15) is 6.07 Å². The molecule has 0 atom stereocenters. The van der Waals surface area contributed by atoms with Crippen molar-refractivity contribution < 1.29 is 14.3 Å². The molecule has 0 radical (unpaired) electrons. The van der Waals surface area contributed by atoms with Crippen molar-refractivity contribution in [1.29, 1.82) is 5.26 Å². The van der Waals surface area contributed by atoms with E-state index in [4.69, 9.17) is 14.7 Å². The van der Waals surface area contributed by atoms with E-state index >= 15 is 0 Å². The second-order valence-electron chi connectivity index (χ2n) is 2.95. The highest BCUT2D eigenvalue weighted by Crippen LogP contribution is 2.21. The molecular weight excluding hydrogens is 208 g/mol. The first-order chi connectivity index (χ1) is 7.72. The second kappa shape index (κ2) is 5.71. The van der Waals surface area contributed by atoms with Crippen molar-refractivity contribution in [2.24, 2.45) is 0 Å². The third-order valence-corrected chi connectivity index (χ3v) is 1.94. The molecule has 1 rings (SSSR count). The highest BCUT2D eigenvalue weighted by molar-refractivity contribution is 5.73. The monoisotopic (exact) mass is 220 g/mol. The number of nitriles is 1. The molecule has 1 aromatic rings. The number of ether oxygens (including phenoxy) is 2. The van der Waals surface area contributed by atoms with Gasteiger partial charge in [0.05, 0.1) is 20.1 Å². The molecule has 0 amide bonds. The number of esters is 1. The van der Waals surface area contributed by atoms with Crippen LogP contribution in [0.1, 0.15) is 18.2 Å². The fraction of sp³-hybridized carbons (Fsp3) is 0.364. The Hall–Kier alpha value is -2.09. The van der Waals surface area contributed by atoms with Crippen LogP contribution in [0.25, 0.3) is 0 Å². The Bertz CT molecular complexity index is 424. The van der Waals surface area contributed by atoms with Crippen LogP contribution in [0.5, 0.6) is 5.75 Å². The number of methoxy groups -OCH3 is 1. The molecule has 0 fully saturated rings. The molecule has 84 valence electrons. The van der Waals surface area contributed by atoms with Crippen molar-refractivity contribution in [2.45, 2.75) is 13.3 Å². The third-order valence-electron chi connectivity index (χ3n) is 1.94. The summed E-state index contributed by atoms with van der Waals surface area (Å²) in [6, 6.07) is 3.54. The van der Waals surface area contributed by atoms with E-state index in [0.29, 0.717) is 17.9 Å². The first-order valence-corrected chi connectivity index (χ1v) is 4.80. The Morgan fingerprint density at radius 1 is 1.62 bits per heavy atom. The Labute approximate surface area is 93.6 Å². The predicted molar refractivity (Wildman–Crippen MR) is 55.8 cm³/mol. The van der Waals surface area contributed by atoms with Gasteiger partial charge in [-0.1, -0.05) is 0 Å². The van der Waals surface area contributed by atoms with Crippen molar-refractivity contribution in [1.82, 2.24) is 4.98 Å². The Morgan fingerprint density at radius 3 is 2.94 bits per heavy atom. The minimum atomic E-state index is -0.351. The lowest BCUT2D eigenvalue weighted by Crippen LogP contribution is -2.09. The normalized spacial score (nSPS) is 9.31. The quantitative estimate of drug-likeness (QED) is 0.709. The van der Waals surface area contributed by atoms with Gasteiger partial charge in [0, 0.05) is 11.8 Å². The molecule has 0 aliphatic rings. The van der Waals surface area contributed by atoms with E-state index in [9.17, 15) is 4.79 Å². The molecule has 0 aliphatic carbocycles. The summed E-state index contributed by atoms with van der Waals surface area (Å²) in [5, 5.41) is 8.80. The molecule has 0 saturated heterocycles. The largest absolute Gasteiger partial charge is 0.493 e. The van der Waals surface area contributed by atoms with Gasteiger partial charge in [-0.15, -0.1) is 0 Å². The average molecular weight is 220 g/mol. The molecule has 1 aromatic heterocycles. The summed E-state index contributed by atoms with van der Waals surface area (Å²) in [5.41, 5.74) is 0.775. The lowest BCUT2D eigenvalue weighted by molar-refractivity contribution is -0.142. The number of carbonyl (C=O) groups excluding carboxylic acids is 1. The molecule has 0 unspecified atom stereocenters. The minimum Gasteiger partial charge on any atom is -0.493 e. The maximum atomic E-state index is 11.3. The molecule has 0 bridgehead atoms. The Balaban J connectivity index is 2.96. The van der Waals surface area contributed by atoms with Crippen LogP contribution in [0.4, 0.5) is 0 Å². The van der Waals surface area contributed by atoms with E-state index in [1.807, 2.05) is 6.07 Å². The van der Waals surface area contributed by atoms with Crippen molar-refractivity contribution in [3.63, 3.8) is 0 Å². The third kappa shape index (κ3) is 2.70. The minimum absolute atomic E-state index is 0.0776. The van der Waals surface area contributed by atoms with Gasteiger partial charge >= 0.3 is 5.97 Å². The van der Waals surface area contributed by atoms with E-state index in [1.54, 1.807) is 13.0 Å². The molecule has 5 nitrogen and oxygen atoms in total. The van der Waals surface area contributed by atoms with Gasteiger partial charge in [-0.25, -0.2) is 4.98 Å². The molecule has 0 aliphatic heterocycles. The average Bonchev–Trinajstić information content (AvgIpc) is 2.29. The van der Waals surface area contributed by atoms with Crippen molar-refractivity contribution in [3.8, 4) is 11.8 Å². The zero-order valence-corrected chi connectivity index (χ0v) is 9.19. The molecule has 0 saturated carbocycles. The number of hydrogen-bond acceptors (Lipinski definition) is 5. The molecule has 1 heterocycles. The SMILES string of the molecule is CCOC(=O)Cc1ccnc(C#N)c1OC. The second-order valence-corrected chi connectivity index (χ2v) is 2.95. The molecule has 5 heteroatoms. The van der Waals surface area contributed by atoms with E-state index in [1.165, 1.54) is 13.3 Å². The van der Waals surface area contributed by atoms with Crippen LogP contribution in [0.3, 0.4) is 0 Å². The van der Waals surface area contributed by atoms with Gasteiger partial charge < -0.3 is 9.47 Å². The summed E-state index contributed by atoms with van der Waals surface area (Å²) in [4.78, 5) is 15.1. The van der Waals surface area contributed by atoms with Gasteiger partial charge in [-0.2, -0.15) is 5.26 Å². The van der Waals surface area contributed by atoms with Gasteiger partial charge in [0.15, 0.2) is 11.4 Å². The van der Waals surface area contributed by atoms with Gasteiger partial charge in [-0.3, -0.25) is 4.79 Å². The molecule has 16 heavy (non-hydrogen) atoms. The maximum absolute atomic E-state index is 11.3. The number of nitrogens with zero attached hydrogens (tertiary/aromatic N) is 2. The molecule has 0 aromatic carbocycles. The van der Waals surface area contributed by atoms with Crippen LogP contribution in [-0.2, 0) is 16.0 Å². The summed E-state index contributed by atoms with van der Waals surface area (Å²) >= 11 is 0. The number of carbonyl (C=O) groups is 1. The van der Waals surface area contributed by atoms with E-state index in [-0.39, 0.29) is 18.1 Å². The summed E-state index contributed by atoms with van der Waals surface area (Å²) in [5.74, 6) is -0.0195. The first kappa shape index (κ1) is 12.0. The topological polar surface area (TPSA) is 72.2 Å². The van der Waals surface area contributed by atoms with Crippen molar-refractivity contribution in [3.05, 3.63) is 23.5 Å². The van der Waals surface area contributed by atoms with E-state index in [0.717, 1.165) is 0 Å². The highest BCUT2D eigenvalue weighted by atomic mass is 16.5. The van der Waals surface area contributed by atoms with Crippen LogP contribution in [0, 0.1) is 11.3 Å². The Morgan fingerprint density at radius 2 is 2.38 bits per heavy atom. The van der Waals surface area contributed by atoms with E-state index in [2.05, 4.69) is 4.98 Å². The number of pyridine rings is 1. The summed E-state index contributed by atoms with van der Waals surface area (Å²) < 4.78 is 9.87. The van der Waals surface area contributed by atoms with Crippen molar-refractivity contribution >= 4 is 5.97 Å². The van der Waals surface area contributed by atoms with Gasteiger partial charge in [-0.05, 0) is 13.0 Å². The zero-order valence-electron chi connectivity index (χ0n) is 9.19. The Kier molecular flexibility index (Phi) is 4.28. The lowest BCUT2D eigenvalue weighted by atomic mass is 10.1. The van der Waals surface area contributed by atoms with Crippen LogP contribution >= 0.6 is 0 Å². The first-order valence-electron chi connectivity index (χ1n) is 4.80. The summed E-state index contributed by atoms with van der Waals surface area (Å²) in [6.07, 6.45) is 1.55. The van der Waals surface area contributed by atoms with Crippen LogP contribution < -0.4 is 4.74 Å². The van der Waals surface area contributed by atoms with Crippen molar-refractivity contribution in [2.75, 3.05) is 13.7 Å². The summed E-state index contributed by atoms with van der Waals surface area (Å²) in [7, 11) is 1.44. The molecule has 0 spiro atoms. The van der Waals surface area contributed by atoms with Crippen LogP contribution in [0.2, 0.25) is 0 Å². The number of aromatic nitrogens is 1. The lowest BCUT2D eigenvalue weighted by Gasteiger charge is -2.08. The fourth-order valence-electron chi connectivity index (χ4n) is 1.30. The smallest absolute Gasteiger partial charge is 0.310 e. The van der Waals surface area contributed by atoms with Crippen LogP contribution in [0.15, 0.2) is 12.3 Å². The van der Waals surface area contributed by atoms with Gasteiger partial charge in [0.25, 0.3) is 0 Å². The number of hydrogen-bond donors (Lipinski definition) is 0. The zero-order chi connectivity index (χ0) is 12.0. The highest BCUT2D eigenvalue weighted by Gasteiger charge is 2.13. The standard InChI is InChI=1S/C11H12N2O3/c1-3-16-10(14)6-8-4-5-13-9(7-12)11(8)15-2/h4-5H,3,6H2,1-2H3. The summed E-state index contributed by atoms with van der Waals surface area (Å²) in [6.45, 7) is 2.07. The van der Waals surface area contributed by atoms with Crippen LogP contribution in [-0.4, -0.2) is 24.7 Å². The van der Waals surface area contributed by atoms with Gasteiger partial charge in [0.2, 0.25) is 0 Å². The molecular formula is C11H12N2O3. The predicted octanol–water partition coefficient (Wildman–Crippen LogP) is 1.07. The van der Waals surface area contributed by atoms with E-state index < -0.39 is 0 Å². The number of rotatable bonds is 4. The fourth-order valence-corrected chi connectivity index (χ4v) is 1.30. The molecule has 0 N–H and O–H groups in total. The maximum Gasteiger partial charge on any atom is 0.310 e.